The summed E-state index contributed by atoms with van der Waals surface area (Å²) in [5.74, 6) is -0.0652. The summed E-state index contributed by atoms with van der Waals surface area (Å²) >= 11 is 1.41. The van der Waals surface area contributed by atoms with Crippen molar-refractivity contribution in [3.8, 4) is 0 Å². The van der Waals surface area contributed by atoms with Gasteiger partial charge in [-0.25, -0.2) is 15.0 Å². The molecule has 132 valence electrons. The number of fused-ring (bicyclic) bond motifs is 4. The molecule has 3 heterocycles. The Labute approximate surface area is 158 Å². The van der Waals surface area contributed by atoms with Gasteiger partial charge in [-0.2, -0.15) is 0 Å². The third-order valence-electron chi connectivity index (χ3n) is 4.50. The predicted octanol–water partition coefficient (Wildman–Crippen LogP) is 4.22. The molecular weight excluding hydrogens is 358 g/mol. The molecule has 0 fully saturated rings. The first-order valence-corrected chi connectivity index (χ1v) is 9.50. The summed E-state index contributed by atoms with van der Waals surface area (Å²) in [6, 6.07) is 15.9. The number of benzene rings is 2. The SMILES string of the molecule is O=C(CCn1c2ccccc2c2nc3ccccc3nc21)Nc1nccs1. The molecule has 0 saturated heterocycles. The number of carbonyl (C=O) groups is 1. The molecular formula is C20H15N5OS. The van der Waals surface area contributed by atoms with Crippen molar-refractivity contribution in [3.05, 3.63) is 60.1 Å². The van der Waals surface area contributed by atoms with Crippen LogP contribution in [0.15, 0.2) is 60.1 Å². The van der Waals surface area contributed by atoms with E-state index in [-0.39, 0.29) is 5.91 Å². The Morgan fingerprint density at radius 2 is 1.81 bits per heavy atom. The maximum absolute atomic E-state index is 12.3. The molecule has 0 bridgehead atoms. The molecule has 0 spiro atoms. The highest BCUT2D eigenvalue weighted by atomic mass is 32.1. The molecule has 6 nitrogen and oxygen atoms in total. The van der Waals surface area contributed by atoms with Crippen LogP contribution in [0.3, 0.4) is 0 Å². The molecule has 5 aromatic rings. The van der Waals surface area contributed by atoms with Crippen LogP contribution >= 0.6 is 11.3 Å². The normalized spacial score (nSPS) is 11.4. The van der Waals surface area contributed by atoms with Gasteiger partial charge in [0.2, 0.25) is 5.91 Å². The molecule has 0 aliphatic carbocycles. The van der Waals surface area contributed by atoms with Crippen molar-refractivity contribution in [2.24, 2.45) is 0 Å². The maximum Gasteiger partial charge on any atom is 0.227 e. The van der Waals surface area contributed by atoms with Gasteiger partial charge in [0.15, 0.2) is 10.8 Å². The fraction of sp³-hybridized carbons (Fsp3) is 0.100. The lowest BCUT2D eigenvalue weighted by Crippen LogP contribution is -2.14. The fourth-order valence-corrected chi connectivity index (χ4v) is 3.83. The molecule has 2 aromatic carbocycles. The number of hydrogen-bond acceptors (Lipinski definition) is 5. The van der Waals surface area contributed by atoms with E-state index >= 15 is 0 Å². The zero-order chi connectivity index (χ0) is 18.2. The molecule has 7 heteroatoms. The quantitative estimate of drug-likeness (QED) is 0.512. The molecule has 1 N–H and O–H groups in total. The smallest absolute Gasteiger partial charge is 0.227 e. The minimum absolute atomic E-state index is 0.0652. The first kappa shape index (κ1) is 15.9. The third kappa shape index (κ3) is 2.82. The monoisotopic (exact) mass is 373 g/mol. The Balaban J connectivity index is 1.57. The van der Waals surface area contributed by atoms with Gasteiger partial charge in [-0.15, -0.1) is 11.3 Å². The minimum Gasteiger partial charge on any atom is -0.323 e. The molecule has 0 unspecified atom stereocenters. The number of hydrogen-bond donors (Lipinski definition) is 1. The largest absolute Gasteiger partial charge is 0.323 e. The Morgan fingerprint density at radius 3 is 2.63 bits per heavy atom. The number of thiazole rings is 1. The van der Waals surface area contributed by atoms with E-state index in [0.717, 1.165) is 33.1 Å². The van der Waals surface area contributed by atoms with Crippen LogP contribution in [0, 0.1) is 0 Å². The lowest BCUT2D eigenvalue weighted by molar-refractivity contribution is -0.116. The van der Waals surface area contributed by atoms with E-state index in [9.17, 15) is 4.79 Å². The van der Waals surface area contributed by atoms with Gasteiger partial charge < -0.3 is 9.88 Å². The number of para-hydroxylation sites is 3. The number of nitrogens with zero attached hydrogens (tertiary/aromatic N) is 4. The molecule has 27 heavy (non-hydrogen) atoms. The number of amides is 1. The summed E-state index contributed by atoms with van der Waals surface area (Å²) in [7, 11) is 0. The Hall–Kier alpha value is -3.32. The van der Waals surface area contributed by atoms with E-state index < -0.39 is 0 Å². The van der Waals surface area contributed by atoms with Crippen LogP contribution in [0.5, 0.6) is 0 Å². The highest BCUT2D eigenvalue weighted by molar-refractivity contribution is 7.13. The number of aromatic nitrogens is 4. The predicted molar refractivity (Wildman–Crippen MR) is 108 cm³/mol. The second-order valence-corrected chi connectivity index (χ2v) is 7.08. The van der Waals surface area contributed by atoms with Crippen LogP contribution in [0.1, 0.15) is 6.42 Å². The van der Waals surface area contributed by atoms with Crippen molar-refractivity contribution >= 4 is 55.5 Å². The first-order valence-electron chi connectivity index (χ1n) is 8.63. The van der Waals surface area contributed by atoms with Crippen LogP contribution in [-0.4, -0.2) is 25.4 Å². The maximum atomic E-state index is 12.3. The van der Waals surface area contributed by atoms with Gasteiger partial charge in [-0.05, 0) is 18.2 Å². The van der Waals surface area contributed by atoms with Crippen LogP contribution in [-0.2, 0) is 11.3 Å². The lowest BCUT2D eigenvalue weighted by atomic mass is 10.2. The van der Waals surface area contributed by atoms with Crippen LogP contribution in [0.4, 0.5) is 5.13 Å². The summed E-state index contributed by atoms with van der Waals surface area (Å²) < 4.78 is 2.07. The van der Waals surface area contributed by atoms with E-state index in [4.69, 9.17) is 9.97 Å². The Bertz CT molecular complexity index is 1280. The van der Waals surface area contributed by atoms with Gasteiger partial charge in [-0.1, -0.05) is 30.3 Å². The molecule has 0 radical (unpaired) electrons. The number of carbonyl (C=O) groups excluding carboxylic acids is 1. The highest BCUT2D eigenvalue weighted by Gasteiger charge is 2.15. The summed E-state index contributed by atoms with van der Waals surface area (Å²) in [6.07, 6.45) is 2.01. The molecule has 1 amide bonds. The van der Waals surface area contributed by atoms with E-state index in [0.29, 0.717) is 18.1 Å². The summed E-state index contributed by atoms with van der Waals surface area (Å²) in [5.41, 5.74) is 4.42. The number of aryl methyl sites for hydroxylation is 1. The number of nitrogens with one attached hydrogen (secondary N) is 1. The highest BCUT2D eigenvalue weighted by Crippen LogP contribution is 2.28. The fourth-order valence-electron chi connectivity index (χ4n) is 3.29. The van der Waals surface area contributed by atoms with E-state index in [2.05, 4.69) is 14.9 Å². The van der Waals surface area contributed by atoms with Crippen molar-refractivity contribution in [2.45, 2.75) is 13.0 Å². The zero-order valence-electron chi connectivity index (χ0n) is 14.3. The standard InChI is InChI=1S/C20H15N5OS/c26-17(24-20-21-10-12-27-20)9-11-25-16-8-4-1-5-13(16)18-19(25)23-15-7-3-2-6-14(15)22-18/h1-8,10,12H,9,11H2,(H,21,24,26). The number of rotatable bonds is 4. The average molecular weight is 373 g/mol. The molecule has 5 rings (SSSR count). The van der Waals surface area contributed by atoms with Gasteiger partial charge in [0.25, 0.3) is 0 Å². The Kier molecular flexibility index (Phi) is 3.79. The minimum atomic E-state index is -0.0652. The van der Waals surface area contributed by atoms with Crippen LogP contribution < -0.4 is 5.32 Å². The molecule has 0 atom stereocenters. The topological polar surface area (TPSA) is 72.7 Å². The van der Waals surface area contributed by atoms with Crippen molar-refractivity contribution in [1.82, 2.24) is 19.5 Å². The summed E-state index contributed by atoms with van der Waals surface area (Å²) in [5, 5.41) is 6.33. The molecule has 0 aliphatic rings. The molecule has 3 aromatic heterocycles. The van der Waals surface area contributed by atoms with Crippen molar-refractivity contribution in [1.29, 1.82) is 0 Å². The average Bonchev–Trinajstić information content (AvgIpc) is 3.31. The third-order valence-corrected chi connectivity index (χ3v) is 5.19. The first-order chi connectivity index (χ1) is 13.3. The van der Waals surface area contributed by atoms with E-state index in [1.165, 1.54) is 11.3 Å². The van der Waals surface area contributed by atoms with Crippen molar-refractivity contribution in [2.75, 3.05) is 5.32 Å². The van der Waals surface area contributed by atoms with Crippen molar-refractivity contribution < 1.29 is 4.79 Å². The van der Waals surface area contributed by atoms with Gasteiger partial charge in [-0.3, -0.25) is 4.79 Å². The van der Waals surface area contributed by atoms with Gasteiger partial charge in [0, 0.05) is 29.9 Å². The van der Waals surface area contributed by atoms with Crippen molar-refractivity contribution in [3.63, 3.8) is 0 Å². The van der Waals surface area contributed by atoms with E-state index in [1.54, 1.807) is 6.20 Å². The van der Waals surface area contributed by atoms with Gasteiger partial charge in [0.05, 0.1) is 16.6 Å². The molecule has 0 saturated carbocycles. The summed E-state index contributed by atoms with van der Waals surface area (Å²) in [6.45, 7) is 0.522. The van der Waals surface area contributed by atoms with E-state index in [1.807, 2.05) is 53.9 Å². The molecule has 0 aliphatic heterocycles. The zero-order valence-corrected chi connectivity index (χ0v) is 15.1. The van der Waals surface area contributed by atoms with Crippen LogP contribution in [0.2, 0.25) is 0 Å². The van der Waals surface area contributed by atoms with Gasteiger partial charge >= 0.3 is 0 Å². The second kappa shape index (κ2) is 6.44. The summed E-state index contributed by atoms with van der Waals surface area (Å²) in [4.78, 5) is 26.0. The van der Waals surface area contributed by atoms with Gasteiger partial charge in [0.1, 0.15) is 5.52 Å². The van der Waals surface area contributed by atoms with Crippen LogP contribution in [0.25, 0.3) is 33.1 Å². The number of anilines is 1. The second-order valence-electron chi connectivity index (χ2n) is 6.19. The lowest BCUT2D eigenvalue weighted by Gasteiger charge is -2.07. The Morgan fingerprint density at radius 1 is 1.04 bits per heavy atom.